The fraction of sp³-hybridized carbons (Fsp3) is 0.649. The molecule has 0 rings (SSSR count). The van der Waals surface area contributed by atoms with Gasteiger partial charge in [-0.1, -0.05) is 308 Å². The van der Waals surface area contributed by atoms with Gasteiger partial charge in [0.15, 0.2) is 6.10 Å². The zero-order valence-corrected chi connectivity index (χ0v) is 53.9. The van der Waals surface area contributed by atoms with Gasteiger partial charge in [0.2, 0.25) is 0 Å². The summed E-state index contributed by atoms with van der Waals surface area (Å²) < 4.78 is 17.0. The van der Waals surface area contributed by atoms with E-state index in [9.17, 15) is 14.4 Å². The van der Waals surface area contributed by atoms with E-state index in [4.69, 9.17) is 14.2 Å². The Hall–Kier alpha value is -4.71. The van der Waals surface area contributed by atoms with Gasteiger partial charge >= 0.3 is 17.9 Å². The predicted octanol–water partition coefficient (Wildman–Crippen LogP) is 23.9. The molecule has 0 aromatic rings. The molecular formula is C77H126O6. The number of unbranched alkanes of at least 4 members (excludes halogenated alkanes) is 26. The summed E-state index contributed by atoms with van der Waals surface area (Å²) in [6.45, 7) is 6.41. The van der Waals surface area contributed by atoms with Gasteiger partial charge in [-0.25, -0.2) is 0 Å². The zero-order chi connectivity index (χ0) is 59.9. The van der Waals surface area contributed by atoms with Gasteiger partial charge in [-0.2, -0.15) is 0 Å². The van der Waals surface area contributed by atoms with Crippen molar-refractivity contribution < 1.29 is 28.6 Å². The van der Waals surface area contributed by atoms with Gasteiger partial charge in [0.25, 0.3) is 0 Å². The van der Waals surface area contributed by atoms with E-state index in [1.54, 1.807) is 0 Å². The lowest BCUT2D eigenvalue weighted by atomic mass is 10.0. The normalized spacial score (nSPS) is 13.0. The Bertz CT molecular complexity index is 1800. The van der Waals surface area contributed by atoms with Gasteiger partial charge in [-0.15, -0.1) is 0 Å². The molecular weight excluding hydrogens is 1020 g/mol. The second-order valence-corrected chi connectivity index (χ2v) is 22.3. The molecule has 1 unspecified atom stereocenters. The van der Waals surface area contributed by atoms with Crippen molar-refractivity contribution in [1.82, 2.24) is 0 Å². The van der Waals surface area contributed by atoms with Crippen LogP contribution in [0.5, 0.6) is 0 Å². The third-order valence-corrected chi connectivity index (χ3v) is 14.3. The molecule has 0 saturated carbocycles. The van der Waals surface area contributed by atoms with Gasteiger partial charge in [0, 0.05) is 19.3 Å². The van der Waals surface area contributed by atoms with Crippen molar-refractivity contribution >= 4 is 17.9 Å². The van der Waals surface area contributed by atoms with Gasteiger partial charge in [0.05, 0.1) is 0 Å². The van der Waals surface area contributed by atoms with Gasteiger partial charge in [0.1, 0.15) is 13.2 Å². The Labute approximate surface area is 512 Å². The SMILES string of the molecule is CC/C=C\C/C=C\C/C=C\C/C=C\C/C=C\C/C=C\C/C=C\CCCCCCCCCC(=O)OCC(COC(=O)CCCCCCCCCCCCCCC)OC(=O)CCCCCCCCC/C=C\C/C=C\C/C=C\C/C=C\C/C=C\CC. The standard InChI is InChI=1S/C77H126O6/c1-4-7-10-13-16-19-22-25-27-29-31-33-35-36-37-38-39-40-42-43-45-47-49-52-55-58-61-64-67-70-76(79)82-73-74(72-81-75(78)69-66-63-60-57-54-51-24-21-18-15-12-9-6-3)83-77(80)71-68-65-62-59-56-53-50-48-46-44-41-34-32-30-28-26-23-20-17-14-11-8-5-2/h7-8,10-11,16-17,19-20,25-28,31-34,36-37,39-40,43-46,74H,4-6,9,12-15,18,21-24,29-30,35,38,41-42,47-73H2,1-3H3/b10-7-,11-8-,19-16-,20-17-,27-25-,28-26-,33-31-,34-32-,37-36-,40-39-,45-43-,46-44-. The second-order valence-electron chi connectivity index (χ2n) is 22.3. The minimum absolute atomic E-state index is 0.0881. The van der Waals surface area contributed by atoms with Crippen molar-refractivity contribution in [3.63, 3.8) is 0 Å². The van der Waals surface area contributed by atoms with E-state index in [0.29, 0.717) is 19.3 Å². The number of allylic oxidation sites excluding steroid dienone is 24. The van der Waals surface area contributed by atoms with E-state index >= 15 is 0 Å². The van der Waals surface area contributed by atoms with Crippen LogP contribution in [0.2, 0.25) is 0 Å². The summed E-state index contributed by atoms with van der Waals surface area (Å²) in [4.78, 5) is 38.4. The monoisotopic (exact) mass is 1150 g/mol. The van der Waals surface area contributed by atoms with Crippen molar-refractivity contribution in [3.8, 4) is 0 Å². The Morgan fingerprint density at radius 2 is 0.470 bits per heavy atom. The first kappa shape index (κ1) is 78.3. The molecule has 0 fully saturated rings. The number of ether oxygens (including phenoxy) is 3. The molecule has 0 aliphatic carbocycles. The van der Waals surface area contributed by atoms with Crippen LogP contribution in [0.3, 0.4) is 0 Å². The van der Waals surface area contributed by atoms with Crippen molar-refractivity contribution in [2.45, 2.75) is 309 Å². The van der Waals surface area contributed by atoms with Crippen molar-refractivity contribution in [2.24, 2.45) is 0 Å². The number of hydrogen-bond donors (Lipinski definition) is 0. The predicted molar refractivity (Wildman–Crippen MR) is 362 cm³/mol. The molecule has 0 heterocycles. The molecule has 0 aliphatic heterocycles. The number of hydrogen-bond acceptors (Lipinski definition) is 6. The van der Waals surface area contributed by atoms with Crippen LogP contribution in [0.1, 0.15) is 303 Å². The lowest BCUT2D eigenvalue weighted by Crippen LogP contribution is -2.30. The average Bonchev–Trinajstić information content (AvgIpc) is 3.49. The smallest absolute Gasteiger partial charge is 0.306 e. The molecule has 1 atom stereocenters. The highest BCUT2D eigenvalue weighted by Crippen LogP contribution is 2.16. The van der Waals surface area contributed by atoms with E-state index in [-0.39, 0.29) is 31.1 Å². The molecule has 0 aromatic heterocycles. The van der Waals surface area contributed by atoms with Crippen molar-refractivity contribution in [1.29, 1.82) is 0 Å². The molecule has 83 heavy (non-hydrogen) atoms. The lowest BCUT2D eigenvalue weighted by molar-refractivity contribution is -0.167. The third-order valence-electron chi connectivity index (χ3n) is 14.3. The molecule has 0 aliphatic rings. The molecule has 0 bridgehead atoms. The van der Waals surface area contributed by atoms with Crippen LogP contribution in [0.15, 0.2) is 146 Å². The van der Waals surface area contributed by atoms with Crippen LogP contribution in [-0.2, 0) is 28.6 Å². The Morgan fingerprint density at radius 1 is 0.253 bits per heavy atom. The topological polar surface area (TPSA) is 78.9 Å². The number of rotatable bonds is 61. The Kier molecular flexibility index (Phi) is 65.8. The maximum Gasteiger partial charge on any atom is 0.306 e. The van der Waals surface area contributed by atoms with Crippen molar-refractivity contribution in [3.05, 3.63) is 146 Å². The molecule has 0 saturated heterocycles. The molecule has 0 N–H and O–H groups in total. The van der Waals surface area contributed by atoms with Crippen LogP contribution in [0.4, 0.5) is 0 Å². The quantitative estimate of drug-likeness (QED) is 0.0261. The fourth-order valence-corrected chi connectivity index (χ4v) is 9.27. The van der Waals surface area contributed by atoms with Gasteiger partial charge < -0.3 is 14.2 Å². The highest BCUT2D eigenvalue weighted by molar-refractivity contribution is 5.71. The van der Waals surface area contributed by atoms with E-state index in [1.807, 2.05) is 0 Å². The van der Waals surface area contributed by atoms with E-state index in [2.05, 4.69) is 167 Å². The maximum absolute atomic E-state index is 12.9. The third kappa shape index (κ3) is 68.0. The highest BCUT2D eigenvalue weighted by atomic mass is 16.6. The Balaban J connectivity index is 4.38. The summed E-state index contributed by atoms with van der Waals surface area (Å²) in [7, 11) is 0. The van der Waals surface area contributed by atoms with E-state index < -0.39 is 6.10 Å². The summed E-state index contributed by atoms with van der Waals surface area (Å²) in [5.41, 5.74) is 0. The minimum Gasteiger partial charge on any atom is -0.462 e. The van der Waals surface area contributed by atoms with Crippen molar-refractivity contribution in [2.75, 3.05) is 13.2 Å². The summed E-state index contributed by atoms with van der Waals surface area (Å²) in [5, 5.41) is 0. The summed E-state index contributed by atoms with van der Waals surface area (Å²) in [5.74, 6) is -0.905. The van der Waals surface area contributed by atoms with Gasteiger partial charge in [-0.05, 0) is 122 Å². The van der Waals surface area contributed by atoms with E-state index in [0.717, 1.165) is 148 Å². The van der Waals surface area contributed by atoms with Crippen LogP contribution in [0.25, 0.3) is 0 Å². The minimum atomic E-state index is -0.795. The molecule has 470 valence electrons. The first-order chi connectivity index (χ1) is 41.0. The van der Waals surface area contributed by atoms with Gasteiger partial charge in [-0.3, -0.25) is 14.4 Å². The summed E-state index contributed by atoms with van der Waals surface area (Å²) in [6.07, 6.45) is 100.0. The molecule has 0 aromatic carbocycles. The Morgan fingerprint density at radius 3 is 0.735 bits per heavy atom. The first-order valence-corrected chi connectivity index (χ1v) is 34.3. The number of esters is 3. The lowest BCUT2D eigenvalue weighted by Gasteiger charge is -2.18. The highest BCUT2D eigenvalue weighted by Gasteiger charge is 2.19. The zero-order valence-electron chi connectivity index (χ0n) is 53.9. The largest absolute Gasteiger partial charge is 0.462 e. The average molecular weight is 1150 g/mol. The molecule has 6 nitrogen and oxygen atoms in total. The van der Waals surface area contributed by atoms with Crippen LogP contribution < -0.4 is 0 Å². The molecule has 0 spiro atoms. The fourth-order valence-electron chi connectivity index (χ4n) is 9.27. The number of carbonyl (C=O) groups excluding carboxylic acids is 3. The van der Waals surface area contributed by atoms with Crippen LogP contribution >= 0.6 is 0 Å². The number of carbonyl (C=O) groups is 3. The first-order valence-electron chi connectivity index (χ1n) is 34.3. The summed E-state index contributed by atoms with van der Waals surface area (Å²) >= 11 is 0. The molecule has 0 amide bonds. The van der Waals surface area contributed by atoms with Crippen LogP contribution in [-0.4, -0.2) is 37.2 Å². The molecule has 6 heteroatoms. The van der Waals surface area contributed by atoms with Crippen LogP contribution in [0, 0.1) is 0 Å². The second kappa shape index (κ2) is 69.8. The molecule has 0 radical (unpaired) electrons. The maximum atomic E-state index is 12.9. The summed E-state index contributed by atoms with van der Waals surface area (Å²) in [6, 6.07) is 0. The van der Waals surface area contributed by atoms with E-state index in [1.165, 1.54) is 116 Å².